The number of aromatic amines is 1. The predicted octanol–water partition coefficient (Wildman–Crippen LogP) is 1.85. The zero-order valence-electron chi connectivity index (χ0n) is 9.18. The Morgan fingerprint density at radius 1 is 1.44 bits per heavy atom. The van der Waals surface area contributed by atoms with E-state index in [2.05, 4.69) is 20.5 Å². The lowest BCUT2D eigenvalue weighted by atomic mass is 10.2. The number of anilines is 2. The first kappa shape index (κ1) is 10.7. The molecule has 0 saturated carbocycles. The molecule has 0 bridgehead atoms. The number of nitrogen functional groups attached to an aromatic ring is 1. The second kappa shape index (κ2) is 4.11. The highest BCUT2D eigenvalue weighted by atomic mass is 32.1. The molecule has 18 heavy (non-hydrogen) atoms. The van der Waals surface area contributed by atoms with Crippen LogP contribution in [0.25, 0.3) is 10.9 Å². The van der Waals surface area contributed by atoms with Gasteiger partial charge in [0, 0.05) is 10.8 Å². The third-order valence-electron chi connectivity index (χ3n) is 2.49. The minimum atomic E-state index is -0.281. The molecule has 2 heterocycles. The van der Waals surface area contributed by atoms with Gasteiger partial charge in [-0.1, -0.05) is 6.07 Å². The summed E-state index contributed by atoms with van der Waals surface area (Å²) in [6, 6.07) is 5.54. The van der Waals surface area contributed by atoms with Crippen molar-refractivity contribution < 1.29 is 4.79 Å². The van der Waals surface area contributed by atoms with E-state index in [9.17, 15) is 4.79 Å². The SMILES string of the molecule is Nc1nc(C(=O)Nc2cccc3[nH]ncc23)cs1. The van der Waals surface area contributed by atoms with Gasteiger partial charge in [0.2, 0.25) is 0 Å². The van der Waals surface area contributed by atoms with Gasteiger partial charge < -0.3 is 11.1 Å². The molecule has 0 saturated heterocycles. The summed E-state index contributed by atoms with van der Waals surface area (Å²) < 4.78 is 0. The number of nitrogens with two attached hydrogens (primary N) is 1. The maximum Gasteiger partial charge on any atom is 0.275 e. The van der Waals surface area contributed by atoms with Gasteiger partial charge in [0.1, 0.15) is 5.69 Å². The molecule has 1 amide bonds. The topological polar surface area (TPSA) is 96.7 Å². The number of aromatic nitrogens is 3. The predicted molar refractivity (Wildman–Crippen MR) is 70.6 cm³/mol. The third kappa shape index (κ3) is 1.80. The van der Waals surface area contributed by atoms with Crippen LogP contribution in [0.15, 0.2) is 29.8 Å². The standard InChI is InChI=1S/C11H9N5OS/c12-11-15-9(5-18-11)10(17)14-7-2-1-3-8-6(7)4-13-16-8/h1-5H,(H2,12,15)(H,13,16)(H,14,17). The smallest absolute Gasteiger partial charge is 0.275 e. The lowest BCUT2D eigenvalue weighted by molar-refractivity contribution is 0.102. The van der Waals surface area contributed by atoms with Gasteiger partial charge in [-0.05, 0) is 12.1 Å². The van der Waals surface area contributed by atoms with Crippen molar-refractivity contribution in [1.29, 1.82) is 0 Å². The van der Waals surface area contributed by atoms with Crippen molar-refractivity contribution in [2.45, 2.75) is 0 Å². The number of fused-ring (bicyclic) bond motifs is 1. The summed E-state index contributed by atoms with van der Waals surface area (Å²) in [7, 11) is 0. The molecule has 90 valence electrons. The molecule has 0 aliphatic carbocycles. The molecule has 0 unspecified atom stereocenters. The van der Waals surface area contributed by atoms with E-state index < -0.39 is 0 Å². The Labute approximate surface area is 106 Å². The van der Waals surface area contributed by atoms with Crippen molar-refractivity contribution >= 4 is 39.0 Å². The van der Waals surface area contributed by atoms with Gasteiger partial charge in [-0.15, -0.1) is 11.3 Å². The number of H-pyrrole nitrogens is 1. The van der Waals surface area contributed by atoms with Crippen LogP contribution in [0.3, 0.4) is 0 Å². The zero-order chi connectivity index (χ0) is 12.5. The summed E-state index contributed by atoms with van der Waals surface area (Å²) in [5.41, 5.74) is 7.37. The Bertz CT molecular complexity index is 717. The molecule has 3 aromatic rings. The highest BCUT2D eigenvalue weighted by Gasteiger charge is 2.11. The average molecular weight is 259 g/mol. The lowest BCUT2D eigenvalue weighted by Gasteiger charge is -2.03. The first-order valence-corrected chi connectivity index (χ1v) is 6.06. The molecule has 1 aromatic carbocycles. The fraction of sp³-hybridized carbons (Fsp3) is 0. The highest BCUT2D eigenvalue weighted by molar-refractivity contribution is 7.13. The zero-order valence-corrected chi connectivity index (χ0v) is 9.99. The molecule has 2 aromatic heterocycles. The van der Waals surface area contributed by atoms with Crippen LogP contribution in [0, 0.1) is 0 Å². The molecule has 0 aliphatic rings. The summed E-state index contributed by atoms with van der Waals surface area (Å²) in [6.07, 6.45) is 1.67. The van der Waals surface area contributed by atoms with E-state index in [1.165, 1.54) is 11.3 Å². The summed E-state index contributed by atoms with van der Waals surface area (Å²) >= 11 is 1.24. The summed E-state index contributed by atoms with van der Waals surface area (Å²) in [6.45, 7) is 0. The van der Waals surface area contributed by atoms with Crippen molar-refractivity contribution in [2.24, 2.45) is 0 Å². The molecule has 7 heteroatoms. The maximum absolute atomic E-state index is 11.9. The number of nitrogens with zero attached hydrogens (tertiary/aromatic N) is 2. The van der Waals surface area contributed by atoms with Gasteiger partial charge in [0.05, 0.1) is 17.4 Å². The van der Waals surface area contributed by atoms with Crippen LogP contribution in [0.2, 0.25) is 0 Å². The summed E-state index contributed by atoms with van der Waals surface area (Å²) in [5, 5.41) is 12.4. The Kier molecular flexibility index (Phi) is 2.45. The number of hydrogen-bond donors (Lipinski definition) is 3. The van der Waals surface area contributed by atoms with Crippen LogP contribution in [-0.2, 0) is 0 Å². The van der Waals surface area contributed by atoms with Crippen molar-refractivity contribution in [1.82, 2.24) is 15.2 Å². The van der Waals surface area contributed by atoms with Crippen molar-refractivity contribution in [3.05, 3.63) is 35.5 Å². The molecular weight excluding hydrogens is 250 g/mol. The number of nitrogens with one attached hydrogen (secondary N) is 2. The van der Waals surface area contributed by atoms with E-state index in [4.69, 9.17) is 5.73 Å². The van der Waals surface area contributed by atoms with E-state index in [1.807, 2.05) is 18.2 Å². The van der Waals surface area contributed by atoms with E-state index in [0.717, 1.165) is 10.9 Å². The Morgan fingerprint density at radius 3 is 3.11 bits per heavy atom. The van der Waals surface area contributed by atoms with Gasteiger partial charge in [0.15, 0.2) is 5.13 Å². The van der Waals surface area contributed by atoms with Gasteiger partial charge >= 0.3 is 0 Å². The van der Waals surface area contributed by atoms with Gasteiger partial charge in [-0.2, -0.15) is 5.10 Å². The fourth-order valence-electron chi connectivity index (χ4n) is 1.66. The molecule has 0 atom stereocenters. The summed E-state index contributed by atoms with van der Waals surface area (Å²) in [4.78, 5) is 15.9. The lowest BCUT2D eigenvalue weighted by Crippen LogP contribution is -2.12. The van der Waals surface area contributed by atoms with E-state index >= 15 is 0 Å². The number of thiazole rings is 1. The van der Waals surface area contributed by atoms with Gasteiger partial charge in [-0.25, -0.2) is 4.98 Å². The number of amides is 1. The first-order valence-electron chi connectivity index (χ1n) is 5.18. The van der Waals surface area contributed by atoms with Gasteiger partial charge in [-0.3, -0.25) is 9.89 Å². The van der Waals surface area contributed by atoms with Gasteiger partial charge in [0.25, 0.3) is 5.91 Å². The molecule has 0 spiro atoms. The minimum absolute atomic E-state index is 0.281. The molecule has 3 rings (SSSR count). The minimum Gasteiger partial charge on any atom is -0.375 e. The molecule has 0 aliphatic heterocycles. The largest absolute Gasteiger partial charge is 0.375 e. The van der Waals surface area contributed by atoms with Crippen LogP contribution in [-0.4, -0.2) is 21.1 Å². The van der Waals surface area contributed by atoms with Crippen LogP contribution in [0.4, 0.5) is 10.8 Å². The molecular formula is C11H9N5OS. The Balaban J connectivity index is 1.92. The second-order valence-corrected chi connectivity index (χ2v) is 4.55. The maximum atomic E-state index is 11.9. The number of benzene rings is 1. The van der Waals surface area contributed by atoms with Crippen molar-refractivity contribution in [3.8, 4) is 0 Å². The Hall–Kier alpha value is -2.41. The number of rotatable bonds is 2. The van der Waals surface area contributed by atoms with Crippen molar-refractivity contribution in [2.75, 3.05) is 11.1 Å². The Morgan fingerprint density at radius 2 is 2.33 bits per heavy atom. The molecule has 0 fully saturated rings. The van der Waals surface area contributed by atoms with Crippen LogP contribution < -0.4 is 11.1 Å². The quantitative estimate of drug-likeness (QED) is 0.654. The number of carbonyl (C=O) groups is 1. The van der Waals surface area contributed by atoms with E-state index in [-0.39, 0.29) is 5.91 Å². The van der Waals surface area contributed by atoms with E-state index in [1.54, 1.807) is 11.6 Å². The van der Waals surface area contributed by atoms with Crippen LogP contribution in [0.1, 0.15) is 10.5 Å². The molecule has 0 radical (unpaired) electrons. The fourth-order valence-corrected chi connectivity index (χ4v) is 2.20. The normalized spacial score (nSPS) is 10.7. The molecule has 4 N–H and O–H groups in total. The third-order valence-corrected chi connectivity index (χ3v) is 3.16. The van der Waals surface area contributed by atoms with Crippen LogP contribution >= 0.6 is 11.3 Å². The number of hydrogen-bond acceptors (Lipinski definition) is 5. The summed E-state index contributed by atoms with van der Waals surface area (Å²) in [5.74, 6) is -0.281. The van der Waals surface area contributed by atoms with Crippen LogP contribution in [0.5, 0.6) is 0 Å². The first-order chi connectivity index (χ1) is 8.74. The van der Waals surface area contributed by atoms with E-state index in [0.29, 0.717) is 16.5 Å². The van der Waals surface area contributed by atoms with Crippen molar-refractivity contribution in [3.63, 3.8) is 0 Å². The highest BCUT2D eigenvalue weighted by Crippen LogP contribution is 2.22. The number of carbonyl (C=O) groups excluding carboxylic acids is 1. The molecule has 6 nitrogen and oxygen atoms in total. The second-order valence-electron chi connectivity index (χ2n) is 3.66. The average Bonchev–Trinajstić information content (AvgIpc) is 2.97. The monoisotopic (exact) mass is 259 g/mol.